The molecule has 2 aromatic heterocycles. The maximum atomic E-state index is 6.51. The first-order valence-corrected chi connectivity index (χ1v) is 16.4. The van der Waals surface area contributed by atoms with Crippen molar-refractivity contribution in [2.24, 2.45) is 0 Å². The summed E-state index contributed by atoms with van der Waals surface area (Å²) in [6, 6.07) is 60.5. The average Bonchev–Trinajstić information content (AvgIpc) is 3.57. The van der Waals surface area contributed by atoms with Crippen molar-refractivity contribution in [1.29, 1.82) is 0 Å². The van der Waals surface area contributed by atoms with E-state index < -0.39 is 0 Å². The van der Waals surface area contributed by atoms with E-state index in [1.54, 1.807) is 0 Å². The van der Waals surface area contributed by atoms with E-state index in [4.69, 9.17) is 19.4 Å². The van der Waals surface area contributed by atoms with Crippen LogP contribution in [-0.4, -0.2) is 15.0 Å². The first-order valence-electron chi connectivity index (χ1n) is 16.4. The fourth-order valence-electron chi connectivity index (χ4n) is 6.50. The first kappa shape index (κ1) is 28.6. The van der Waals surface area contributed by atoms with Crippen LogP contribution in [0.1, 0.15) is 0 Å². The Hall–Kier alpha value is -6.65. The number of rotatable bonds is 6. The monoisotopic (exact) mass is 627 g/mol. The van der Waals surface area contributed by atoms with Crippen LogP contribution in [0.5, 0.6) is 0 Å². The van der Waals surface area contributed by atoms with Crippen LogP contribution in [0.4, 0.5) is 0 Å². The van der Waals surface area contributed by atoms with Crippen molar-refractivity contribution < 1.29 is 4.42 Å². The second kappa shape index (κ2) is 12.2. The van der Waals surface area contributed by atoms with Gasteiger partial charge in [-0.05, 0) is 57.6 Å². The number of aromatic nitrogens is 3. The Morgan fingerprint density at radius 3 is 1.45 bits per heavy atom. The third-order valence-corrected chi connectivity index (χ3v) is 8.95. The molecule has 0 bridgehead atoms. The number of hydrogen-bond acceptors (Lipinski definition) is 4. The number of hydrogen-bond donors (Lipinski definition) is 0. The summed E-state index contributed by atoms with van der Waals surface area (Å²) in [5.74, 6) is 1.83. The van der Waals surface area contributed by atoms with Crippen LogP contribution >= 0.6 is 0 Å². The van der Waals surface area contributed by atoms with E-state index in [0.29, 0.717) is 17.5 Å². The molecule has 0 saturated carbocycles. The third-order valence-electron chi connectivity index (χ3n) is 8.95. The Labute approximate surface area is 284 Å². The lowest BCUT2D eigenvalue weighted by Crippen LogP contribution is -2.00. The Balaban J connectivity index is 1.15. The summed E-state index contributed by atoms with van der Waals surface area (Å²) in [6.45, 7) is 0. The molecule has 4 heteroatoms. The van der Waals surface area contributed by atoms with Crippen LogP contribution in [0, 0.1) is 0 Å². The zero-order chi connectivity index (χ0) is 32.6. The summed E-state index contributed by atoms with van der Waals surface area (Å²) in [5, 5.41) is 2.14. The van der Waals surface area contributed by atoms with E-state index in [9.17, 15) is 0 Å². The largest absolute Gasteiger partial charge is 0.456 e. The lowest BCUT2D eigenvalue weighted by Gasteiger charge is -2.09. The smallest absolute Gasteiger partial charge is 0.164 e. The second-order valence-electron chi connectivity index (χ2n) is 12.1. The molecular weight excluding hydrogens is 599 g/mol. The zero-order valence-electron chi connectivity index (χ0n) is 26.5. The van der Waals surface area contributed by atoms with E-state index in [0.717, 1.165) is 55.3 Å². The van der Waals surface area contributed by atoms with E-state index in [-0.39, 0.29) is 0 Å². The molecule has 230 valence electrons. The number of benzene rings is 7. The van der Waals surface area contributed by atoms with Crippen molar-refractivity contribution in [3.05, 3.63) is 176 Å². The number of fused-ring (bicyclic) bond motifs is 3. The van der Waals surface area contributed by atoms with E-state index in [1.807, 2.05) is 54.6 Å². The van der Waals surface area contributed by atoms with Crippen LogP contribution in [0.25, 0.3) is 89.5 Å². The van der Waals surface area contributed by atoms with Crippen molar-refractivity contribution in [3.8, 4) is 67.5 Å². The minimum Gasteiger partial charge on any atom is -0.456 e. The minimum absolute atomic E-state index is 0.592. The van der Waals surface area contributed by atoms with Gasteiger partial charge < -0.3 is 4.42 Å². The van der Waals surface area contributed by atoms with Crippen LogP contribution in [0.15, 0.2) is 180 Å². The molecule has 0 unspecified atom stereocenters. The molecule has 0 aliphatic carbocycles. The minimum atomic E-state index is 0.592. The third kappa shape index (κ3) is 5.45. The van der Waals surface area contributed by atoms with Gasteiger partial charge in [-0.2, -0.15) is 0 Å². The van der Waals surface area contributed by atoms with Gasteiger partial charge in [-0.25, -0.2) is 15.0 Å². The van der Waals surface area contributed by atoms with Crippen LogP contribution in [0.2, 0.25) is 0 Å². The molecule has 0 aliphatic rings. The quantitative estimate of drug-likeness (QED) is 0.184. The second-order valence-corrected chi connectivity index (χ2v) is 12.1. The average molecular weight is 628 g/mol. The van der Waals surface area contributed by atoms with Crippen LogP contribution < -0.4 is 0 Å². The molecule has 2 heterocycles. The summed E-state index contributed by atoms with van der Waals surface area (Å²) in [7, 11) is 0. The lowest BCUT2D eigenvalue weighted by molar-refractivity contribution is 0.669. The highest BCUT2D eigenvalue weighted by Crippen LogP contribution is 2.39. The molecule has 0 N–H and O–H groups in total. The van der Waals surface area contributed by atoms with Gasteiger partial charge in [0.25, 0.3) is 0 Å². The van der Waals surface area contributed by atoms with E-state index >= 15 is 0 Å². The van der Waals surface area contributed by atoms with Gasteiger partial charge in [0.15, 0.2) is 17.5 Å². The molecule has 0 fully saturated rings. The van der Waals surface area contributed by atoms with Gasteiger partial charge in [-0.3, -0.25) is 0 Å². The van der Waals surface area contributed by atoms with Crippen molar-refractivity contribution in [3.63, 3.8) is 0 Å². The topological polar surface area (TPSA) is 51.8 Å². The Bertz CT molecular complexity index is 2580. The summed E-state index contributed by atoms with van der Waals surface area (Å²) >= 11 is 0. The molecule has 9 aromatic rings. The van der Waals surface area contributed by atoms with Gasteiger partial charge in [0.1, 0.15) is 11.2 Å². The van der Waals surface area contributed by atoms with Gasteiger partial charge in [0.05, 0.1) is 0 Å². The highest BCUT2D eigenvalue weighted by Gasteiger charge is 2.17. The highest BCUT2D eigenvalue weighted by atomic mass is 16.3. The summed E-state index contributed by atoms with van der Waals surface area (Å²) < 4.78 is 6.51. The summed E-state index contributed by atoms with van der Waals surface area (Å²) in [5.41, 5.74) is 11.3. The fraction of sp³-hybridized carbons (Fsp3) is 0. The highest BCUT2D eigenvalue weighted by molar-refractivity contribution is 6.13. The molecule has 9 rings (SSSR count). The Morgan fingerprint density at radius 1 is 0.306 bits per heavy atom. The fourth-order valence-corrected chi connectivity index (χ4v) is 6.50. The predicted octanol–water partition coefficient (Wildman–Crippen LogP) is 11.8. The molecular formula is C45H29N3O. The molecule has 0 aliphatic heterocycles. The molecule has 49 heavy (non-hydrogen) atoms. The van der Waals surface area contributed by atoms with Gasteiger partial charge in [0, 0.05) is 27.5 Å². The first-order chi connectivity index (χ1) is 24.3. The Morgan fingerprint density at radius 2 is 0.776 bits per heavy atom. The van der Waals surface area contributed by atoms with Crippen molar-refractivity contribution in [2.45, 2.75) is 0 Å². The standard InChI is InChI=1S/C45H29N3O/c1-4-12-30(13-5-1)32-22-24-34(25-23-32)44-46-43(33-16-8-3-9-17-33)47-45(48-44)37-26-27-39-41(29-37)49-40-21-11-20-38(42(39)40)36-19-10-18-35(28-36)31-14-6-2-7-15-31/h1-29H. The van der Waals surface area contributed by atoms with Gasteiger partial charge >= 0.3 is 0 Å². The van der Waals surface area contributed by atoms with Crippen molar-refractivity contribution in [1.82, 2.24) is 15.0 Å². The molecule has 0 atom stereocenters. The summed E-state index contributed by atoms with van der Waals surface area (Å²) in [4.78, 5) is 14.9. The Kier molecular flexibility index (Phi) is 7.10. The van der Waals surface area contributed by atoms with Gasteiger partial charge in [-0.1, -0.05) is 152 Å². The molecule has 0 amide bonds. The van der Waals surface area contributed by atoms with Gasteiger partial charge in [0.2, 0.25) is 0 Å². The normalized spacial score (nSPS) is 11.3. The van der Waals surface area contributed by atoms with Crippen molar-refractivity contribution in [2.75, 3.05) is 0 Å². The molecule has 4 nitrogen and oxygen atoms in total. The molecule has 0 saturated heterocycles. The maximum absolute atomic E-state index is 6.51. The SMILES string of the molecule is c1ccc(-c2ccc(-c3nc(-c4ccccc4)nc(-c4ccc5c(c4)oc4cccc(-c6cccc(-c7ccccc7)c6)c45)n3)cc2)cc1. The zero-order valence-corrected chi connectivity index (χ0v) is 26.5. The molecule has 0 spiro atoms. The van der Waals surface area contributed by atoms with E-state index in [2.05, 4.69) is 121 Å². The van der Waals surface area contributed by atoms with Crippen molar-refractivity contribution >= 4 is 21.9 Å². The summed E-state index contributed by atoms with van der Waals surface area (Å²) in [6.07, 6.45) is 0. The number of furan rings is 1. The van der Waals surface area contributed by atoms with Crippen LogP contribution in [-0.2, 0) is 0 Å². The molecule has 0 radical (unpaired) electrons. The van der Waals surface area contributed by atoms with Crippen LogP contribution in [0.3, 0.4) is 0 Å². The number of nitrogens with zero attached hydrogens (tertiary/aromatic N) is 3. The predicted molar refractivity (Wildman–Crippen MR) is 200 cm³/mol. The lowest BCUT2D eigenvalue weighted by atomic mass is 9.96. The maximum Gasteiger partial charge on any atom is 0.164 e. The van der Waals surface area contributed by atoms with Gasteiger partial charge in [-0.15, -0.1) is 0 Å². The van der Waals surface area contributed by atoms with E-state index in [1.165, 1.54) is 16.7 Å². The molecule has 7 aromatic carbocycles.